The van der Waals surface area contributed by atoms with Crippen molar-refractivity contribution in [3.8, 4) is 5.75 Å². The third kappa shape index (κ3) is 8.66. The van der Waals surface area contributed by atoms with Gasteiger partial charge in [0.1, 0.15) is 22.2 Å². The van der Waals surface area contributed by atoms with Crippen molar-refractivity contribution in [3.05, 3.63) is 29.3 Å². The molecule has 0 aliphatic heterocycles. The molecule has 0 radical (unpaired) electrons. The van der Waals surface area contributed by atoms with E-state index in [9.17, 15) is 8.42 Å². The van der Waals surface area contributed by atoms with Gasteiger partial charge in [0.2, 0.25) is 0 Å². The van der Waals surface area contributed by atoms with Gasteiger partial charge in [-0.25, -0.2) is 8.42 Å². The third-order valence-electron chi connectivity index (χ3n) is 3.02. The number of ether oxygens (including phenoxy) is 1. The van der Waals surface area contributed by atoms with Crippen LogP contribution in [0.15, 0.2) is 29.3 Å². The molecule has 1 atom stereocenters. The lowest BCUT2D eigenvalue weighted by atomic mass is 10.3. The molecule has 0 heterocycles. The average Bonchev–Trinajstić information content (AvgIpc) is 2.49. The van der Waals surface area contributed by atoms with Crippen LogP contribution in [-0.4, -0.2) is 52.6 Å². The Morgan fingerprint density at radius 3 is 2.70 bits per heavy atom. The van der Waals surface area contributed by atoms with Crippen LogP contribution in [0.4, 0.5) is 0 Å². The van der Waals surface area contributed by atoms with E-state index in [2.05, 4.69) is 15.6 Å². The molecule has 0 saturated heterocycles. The lowest BCUT2D eigenvalue weighted by Crippen LogP contribution is -2.44. The monoisotopic (exact) mass is 361 g/mol. The van der Waals surface area contributed by atoms with E-state index in [-0.39, 0.29) is 11.8 Å². The van der Waals surface area contributed by atoms with Crippen molar-refractivity contribution in [2.75, 3.05) is 32.2 Å². The Morgan fingerprint density at radius 2 is 2.09 bits per heavy atom. The maximum atomic E-state index is 11.2. The number of rotatable bonds is 8. The zero-order valence-corrected chi connectivity index (χ0v) is 15.2. The molecule has 0 fully saturated rings. The van der Waals surface area contributed by atoms with E-state index < -0.39 is 9.84 Å². The summed E-state index contributed by atoms with van der Waals surface area (Å²) in [6.45, 7) is 2.89. The molecule has 0 amide bonds. The van der Waals surface area contributed by atoms with Crippen molar-refractivity contribution in [3.63, 3.8) is 0 Å². The first-order chi connectivity index (χ1) is 10.8. The first-order valence-corrected chi connectivity index (χ1v) is 9.78. The van der Waals surface area contributed by atoms with Crippen molar-refractivity contribution in [1.29, 1.82) is 0 Å². The molecule has 0 spiro atoms. The van der Waals surface area contributed by atoms with Gasteiger partial charge in [-0.3, -0.25) is 4.99 Å². The van der Waals surface area contributed by atoms with Crippen molar-refractivity contribution in [2.24, 2.45) is 4.99 Å². The number of benzene rings is 1. The number of halogens is 1. The van der Waals surface area contributed by atoms with Gasteiger partial charge in [0.15, 0.2) is 5.96 Å². The van der Waals surface area contributed by atoms with Gasteiger partial charge in [-0.1, -0.05) is 23.7 Å². The molecule has 1 aromatic carbocycles. The van der Waals surface area contributed by atoms with Crippen LogP contribution in [0.25, 0.3) is 0 Å². The van der Waals surface area contributed by atoms with E-state index in [1.807, 2.05) is 25.1 Å². The number of guanidine groups is 1. The zero-order valence-electron chi connectivity index (χ0n) is 13.7. The second-order valence-corrected chi connectivity index (χ2v) is 7.91. The molecule has 8 heteroatoms. The van der Waals surface area contributed by atoms with E-state index in [1.54, 1.807) is 13.1 Å². The minimum absolute atomic E-state index is 0.000381. The van der Waals surface area contributed by atoms with E-state index in [1.165, 1.54) is 6.26 Å². The highest BCUT2D eigenvalue weighted by atomic mass is 35.5. The fourth-order valence-electron chi connectivity index (χ4n) is 1.78. The Bertz CT molecular complexity index is 620. The fraction of sp³-hybridized carbons (Fsp3) is 0.533. The molecule has 1 unspecified atom stereocenters. The molecule has 0 aliphatic rings. The predicted molar refractivity (Wildman–Crippen MR) is 95.2 cm³/mol. The normalized spacial score (nSPS) is 13.5. The maximum Gasteiger partial charge on any atom is 0.191 e. The summed E-state index contributed by atoms with van der Waals surface area (Å²) < 4.78 is 27.9. The van der Waals surface area contributed by atoms with Gasteiger partial charge in [0.25, 0.3) is 0 Å². The molecule has 0 bridgehead atoms. The summed E-state index contributed by atoms with van der Waals surface area (Å²) >= 11 is 6.00. The highest BCUT2D eigenvalue weighted by molar-refractivity contribution is 7.90. The molecule has 1 aromatic rings. The molecular formula is C15H24ClN3O3S. The zero-order chi connectivity index (χ0) is 17.3. The Morgan fingerprint density at radius 1 is 1.39 bits per heavy atom. The number of nitrogens with one attached hydrogen (secondary N) is 2. The molecule has 0 aromatic heterocycles. The number of hydrogen-bond acceptors (Lipinski definition) is 4. The van der Waals surface area contributed by atoms with Gasteiger partial charge in [-0.2, -0.15) is 0 Å². The highest BCUT2D eigenvalue weighted by Crippen LogP contribution is 2.22. The molecular weight excluding hydrogens is 338 g/mol. The summed E-state index contributed by atoms with van der Waals surface area (Å²) in [7, 11) is -1.29. The number of nitrogens with zero attached hydrogens (tertiary/aromatic N) is 1. The number of para-hydroxylation sites is 1. The van der Waals surface area contributed by atoms with Gasteiger partial charge >= 0.3 is 0 Å². The largest absolute Gasteiger partial charge is 0.490 e. The summed E-state index contributed by atoms with van der Waals surface area (Å²) in [5.74, 6) is 1.39. The molecule has 6 nitrogen and oxygen atoms in total. The maximum absolute atomic E-state index is 11.2. The molecule has 2 N–H and O–H groups in total. The van der Waals surface area contributed by atoms with Crippen molar-refractivity contribution in [1.82, 2.24) is 10.6 Å². The van der Waals surface area contributed by atoms with Crippen LogP contribution in [0.1, 0.15) is 13.3 Å². The molecule has 1 rings (SSSR count). The van der Waals surface area contributed by atoms with Gasteiger partial charge in [-0.15, -0.1) is 0 Å². The van der Waals surface area contributed by atoms with Crippen LogP contribution >= 0.6 is 11.6 Å². The molecule has 0 aliphatic carbocycles. The number of aliphatic imine (C=N–C) groups is 1. The summed E-state index contributed by atoms with van der Waals surface area (Å²) in [5.41, 5.74) is 0. The minimum Gasteiger partial charge on any atom is -0.490 e. The lowest BCUT2D eigenvalue weighted by molar-refractivity contribution is 0.322. The fourth-order valence-corrected chi connectivity index (χ4v) is 2.76. The topological polar surface area (TPSA) is 79.8 Å². The Labute approximate surface area is 143 Å². The average molecular weight is 362 g/mol. The van der Waals surface area contributed by atoms with Crippen molar-refractivity contribution < 1.29 is 13.2 Å². The van der Waals surface area contributed by atoms with E-state index >= 15 is 0 Å². The number of sulfone groups is 1. The minimum atomic E-state index is -2.95. The predicted octanol–water partition coefficient (Wildman–Crippen LogP) is 1.71. The second kappa shape index (κ2) is 9.62. The first-order valence-electron chi connectivity index (χ1n) is 7.34. The van der Waals surface area contributed by atoms with Crippen molar-refractivity contribution >= 4 is 27.4 Å². The summed E-state index contributed by atoms with van der Waals surface area (Å²) in [4.78, 5) is 4.10. The van der Waals surface area contributed by atoms with Crippen LogP contribution in [0.2, 0.25) is 5.02 Å². The molecule has 0 saturated carbocycles. The summed E-state index contributed by atoms with van der Waals surface area (Å²) in [5, 5.41) is 6.82. The van der Waals surface area contributed by atoms with Crippen molar-refractivity contribution in [2.45, 2.75) is 19.4 Å². The standard InChI is InChI=1S/C15H24ClN3O3S/c1-12(8-11-23(3,20)21)19-15(17-2)18-9-10-22-14-7-5-4-6-13(14)16/h4-7,12H,8-11H2,1-3H3,(H2,17,18,19). The van der Waals surface area contributed by atoms with Gasteiger partial charge < -0.3 is 15.4 Å². The lowest BCUT2D eigenvalue weighted by Gasteiger charge is -2.17. The number of hydrogen-bond donors (Lipinski definition) is 2. The second-order valence-electron chi connectivity index (χ2n) is 5.24. The summed E-state index contributed by atoms with van der Waals surface area (Å²) in [6.07, 6.45) is 1.76. The van der Waals surface area contributed by atoms with Gasteiger partial charge in [-0.05, 0) is 25.5 Å². The van der Waals surface area contributed by atoms with E-state index in [0.29, 0.717) is 36.3 Å². The Kier molecular flexibility index (Phi) is 8.19. The van der Waals surface area contributed by atoms with Gasteiger partial charge in [0, 0.05) is 19.3 Å². The van der Waals surface area contributed by atoms with Crippen LogP contribution in [0, 0.1) is 0 Å². The first kappa shape index (κ1) is 19.6. The summed E-state index contributed by atoms with van der Waals surface area (Å²) in [6, 6.07) is 7.28. The smallest absolute Gasteiger partial charge is 0.191 e. The SMILES string of the molecule is CN=C(NCCOc1ccccc1Cl)NC(C)CCS(C)(=O)=O. The Hall–Kier alpha value is -1.47. The van der Waals surface area contributed by atoms with Gasteiger partial charge in [0.05, 0.1) is 17.3 Å². The quantitative estimate of drug-likeness (QED) is 0.418. The third-order valence-corrected chi connectivity index (χ3v) is 4.31. The highest BCUT2D eigenvalue weighted by Gasteiger charge is 2.09. The van der Waals surface area contributed by atoms with Crippen LogP contribution in [-0.2, 0) is 9.84 Å². The van der Waals surface area contributed by atoms with Crippen LogP contribution in [0.3, 0.4) is 0 Å². The van der Waals surface area contributed by atoms with E-state index in [0.717, 1.165) is 0 Å². The molecule has 130 valence electrons. The Balaban J connectivity index is 2.30. The van der Waals surface area contributed by atoms with Crippen LogP contribution in [0.5, 0.6) is 5.75 Å². The van der Waals surface area contributed by atoms with Crippen LogP contribution < -0.4 is 15.4 Å². The molecule has 23 heavy (non-hydrogen) atoms. The van der Waals surface area contributed by atoms with E-state index in [4.69, 9.17) is 16.3 Å².